The van der Waals surface area contributed by atoms with Gasteiger partial charge in [0.05, 0.1) is 22.6 Å². The van der Waals surface area contributed by atoms with E-state index in [2.05, 4.69) is 44.2 Å². The Hall–Kier alpha value is -1.38. The molecule has 0 spiro atoms. The molecule has 0 amide bonds. The van der Waals surface area contributed by atoms with Crippen molar-refractivity contribution in [2.75, 3.05) is 23.7 Å². The van der Waals surface area contributed by atoms with Crippen LogP contribution in [0.25, 0.3) is 16.4 Å². The van der Waals surface area contributed by atoms with Gasteiger partial charge < -0.3 is 10.2 Å². The minimum absolute atomic E-state index is 0.572. The Labute approximate surface area is 158 Å². The first kappa shape index (κ1) is 15.8. The maximum absolute atomic E-state index is 4.96. The van der Waals surface area contributed by atoms with Gasteiger partial charge in [-0.3, -0.25) is 0 Å². The second-order valence-electron chi connectivity index (χ2n) is 6.66. The van der Waals surface area contributed by atoms with Crippen molar-refractivity contribution in [3.05, 3.63) is 22.9 Å². The highest BCUT2D eigenvalue weighted by Gasteiger charge is 2.34. The van der Waals surface area contributed by atoms with Crippen LogP contribution in [0.2, 0.25) is 0 Å². The molecule has 5 rings (SSSR count). The molecule has 8 heteroatoms. The largest absolute Gasteiger partial charge is 0.353 e. The Bertz CT molecular complexity index is 945. The van der Waals surface area contributed by atoms with Gasteiger partial charge in [-0.15, -0.1) is 0 Å². The molecule has 2 aliphatic rings. The van der Waals surface area contributed by atoms with Crippen LogP contribution >= 0.6 is 27.7 Å². The molecule has 2 aliphatic heterocycles. The first-order valence-electron chi connectivity index (χ1n) is 8.70. The average molecular weight is 419 g/mol. The van der Waals surface area contributed by atoms with E-state index in [9.17, 15) is 0 Å². The highest BCUT2D eigenvalue weighted by Crippen LogP contribution is 2.34. The summed E-state index contributed by atoms with van der Waals surface area (Å²) >= 11 is 5.32. The molecule has 1 N–H and O–H groups in total. The summed E-state index contributed by atoms with van der Waals surface area (Å²) in [7, 11) is 0. The van der Waals surface area contributed by atoms with E-state index in [4.69, 9.17) is 9.97 Å². The van der Waals surface area contributed by atoms with Gasteiger partial charge in [0, 0.05) is 25.2 Å². The zero-order valence-electron chi connectivity index (χ0n) is 13.9. The molecule has 6 nitrogen and oxygen atoms in total. The molecule has 0 aromatic carbocycles. The van der Waals surface area contributed by atoms with Crippen LogP contribution in [0.5, 0.6) is 0 Å². The van der Waals surface area contributed by atoms with Crippen molar-refractivity contribution in [1.29, 1.82) is 0 Å². The summed E-state index contributed by atoms with van der Waals surface area (Å²) < 4.78 is 2.83. The Morgan fingerprint density at radius 1 is 1.28 bits per heavy atom. The fourth-order valence-electron chi connectivity index (χ4n) is 4.02. The normalized spacial score (nSPS) is 23.0. The molecular formula is C17H19BrN6S. The molecule has 130 valence electrons. The van der Waals surface area contributed by atoms with Gasteiger partial charge in [-0.05, 0) is 46.7 Å². The van der Waals surface area contributed by atoms with Crippen LogP contribution in [0.4, 0.5) is 5.82 Å². The number of fused-ring (bicyclic) bond motifs is 5. The number of piperazine rings is 1. The van der Waals surface area contributed by atoms with E-state index < -0.39 is 0 Å². The second-order valence-corrected chi connectivity index (χ2v) is 8.70. The van der Waals surface area contributed by atoms with E-state index in [0.29, 0.717) is 12.1 Å². The highest BCUT2D eigenvalue weighted by molar-refractivity contribution is 9.10. The van der Waals surface area contributed by atoms with Gasteiger partial charge in [-0.25, -0.2) is 14.5 Å². The van der Waals surface area contributed by atoms with E-state index in [-0.39, 0.29) is 0 Å². The van der Waals surface area contributed by atoms with E-state index in [0.717, 1.165) is 50.8 Å². The van der Waals surface area contributed by atoms with Crippen LogP contribution in [0.1, 0.15) is 19.8 Å². The Morgan fingerprint density at radius 3 is 2.84 bits per heavy atom. The predicted molar refractivity (Wildman–Crippen MR) is 105 cm³/mol. The molecule has 5 heterocycles. The average Bonchev–Trinajstić information content (AvgIpc) is 3.21. The standard InChI is InChI=1S/C17H19BrN6S/c1-2-25-17-21-12-7-14(18)24-13(5-6-19-24)15(12)16(22-17)23-8-10-3-4-11(9-23)20-10/h5-7,10-11,20H,2-4,8-9H2,1H3. The number of hydrogen-bond donors (Lipinski definition) is 1. The third-order valence-electron chi connectivity index (χ3n) is 5.04. The number of thioether (sulfide) groups is 1. The van der Waals surface area contributed by atoms with Crippen LogP contribution in [0, 0.1) is 0 Å². The van der Waals surface area contributed by atoms with Crippen LogP contribution in [-0.2, 0) is 0 Å². The van der Waals surface area contributed by atoms with E-state index >= 15 is 0 Å². The molecule has 0 aliphatic carbocycles. The molecule has 2 bridgehead atoms. The molecule has 2 atom stereocenters. The van der Waals surface area contributed by atoms with Crippen molar-refractivity contribution in [2.45, 2.75) is 37.0 Å². The minimum atomic E-state index is 0.572. The first-order chi connectivity index (χ1) is 12.2. The van der Waals surface area contributed by atoms with Crippen LogP contribution < -0.4 is 10.2 Å². The third-order valence-corrected chi connectivity index (χ3v) is 6.34. The summed E-state index contributed by atoms with van der Waals surface area (Å²) in [6.45, 7) is 4.16. The first-order valence-corrected chi connectivity index (χ1v) is 10.5. The molecular weight excluding hydrogens is 400 g/mol. The zero-order chi connectivity index (χ0) is 17.0. The third kappa shape index (κ3) is 2.62. The van der Waals surface area contributed by atoms with Gasteiger partial charge in [-0.1, -0.05) is 18.7 Å². The van der Waals surface area contributed by atoms with Gasteiger partial charge in [0.2, 0.25) is 0 Å². The molecule has 0 radical (unpaired) electrons. The Morgan fingerprint density at radius 2 is 2.08 bits per heavy atom. The maximum Gasteiger partial charge on any atom is 0.190 e. The number of hydrogen-bond acceptors (Lipinski definition) is 6. The fraction of sp³-hybridized carbons (Fsp3) is 0.471. The van der Waals surface area contributed by atoms with Gasteiger partial charge in [-0.2, -0.15) is 5.10 Å². The smallest absolute Gasteiger partial charge is 0.190 e. The monoisotopic (exact) mass is 418 g/mol. The van der Waals surface area contributed by atoms with E-state index in [1.807, 2.05) is 16.8 Å². The molecule has 3 aromatic rings. The lowest BCUT2D eigenvalue weighted by Crippen LogP contribution is -2.51. The van der Waals surface area contributed by atoms with Gasteiger partial charge >= 0.3 is 0 Å². The lowest BCUT2D eigenvalue weighted by Gasteiger charge is -2.34. The van der Waals surface area contributed by atoms with Crippen molar-refractivity contribution in [1.82, 2.24) is 24.9 Å². The molecule has 2 saturated heterocycles. The van der Waals surface area contributed by atoms with E-state index in [1.54, 1.807) is 11.8 Å². The summed E-state index contributed by atoms with van der Waals surface area (Å²) in [5.74, 6) is 2.02. The van der Waals surface area contributed by atoms with Crippen molar-refractivity contribution in [3.63, 3.8) is 0 Å². The van der Waals surface area contributed by atoms with Crippen molar-refractivity contribution in [2.24, 2.45) is 0 Å². The number of pyridine rings is 1. The Kier molecular flexibility index (Phi) is 3.87. The maximum atomic E-state index is 4.96. The molecule has 0 saturated carbocycles. The summed E-state index contributed by atoms with van der Waals surface area (Å²) in [5.41, 5.74) is 2.03. The summed E-state index contributed by atoms with van der Waals surface area (Å²) in [5, 5.41) is 10.1. The SMILES string of the molecule is CCSc1nc(N2CC3CCC(C2)N3)c2c(cc(Br)n3nccc23)n1. The van der Waals surface area contributed by atoms with Crippen molar-refractivity contribution < 1.29 is 0 Å². The number of rotatable bonds is 3. The molecule has 2 unspecified atom stereocenters. The zero-order valence-corrected chi connectivity index (χ0v) is 16.3. The lowest BCUT2D eigenvalue weighted by molar-refractivity contribution is 0.463. The number of anilines is 1. The quantitative estimate of drug-likeness (QED) is 0.400. The van der Waals surface area contributed by atoms with Gasteiger partial charge in [0.25, 0.3) is 0 Å². The molecule has 25 heavy (non-hydrogen) atoms. The van der Waals surface area contributed by atoms with Crippen LogP contribution in [0.3, 0.4) is 0 Å². The number of aromatic nitrogens is 4. The summed E-state index contributed by atoms with van der Waals surface area (Å²) in [4.78, 5) is 12.2. The highest BCUT2D eigenvalue weighted by atomic mass is 79.9. The van der Waals surface area contributed by atoms with E-state index in [1.165, 1.54) is 12.8 Å². The van der Waals surface area contributed by atoms with Crippen molar-refractivity contribution >= 4 is 49.9 Å². The van der Waals surface area contributed by atoms with Crippen molar-refractivity contribution in [3.8, 4) is 0 Å². The lowest BCUT2D eigenvalue weighted by atomic mass is 10.2. The number of nitrogens with zero attached hydrogens (tertiary/aromatic N) is 5. The topological polar surface area (TPSA) is 58.4 Å². The Balaban J connectivity index is 1.75. The predicted octanol–water partition coefficient (Wildman–Crippen LogP) is 3.09. The minimum Gasteiger partial charge on any atom is -0.353 e. The fourth-order valence-corrected chi connectivity index (χ4v) is 5.10. The molecule has 2 fully saturated rings. The summed E-state index contributed by atoms with van der Waals surface area (Å²) in [6, 6.07) is 5.24. The van der Waals surface area contributed by atoms with Gasteiger partial charge in [0.15, 0.2) is 5.16 Å². The second kappa shape index (κ2) is 6.10. The number of halogens is 1. The van der Waals surface area contributed by atoms with Crippen LogP contribution in [-0.4, -0.2) is 50.5 Å². The molecule has 3 aromatic heterocycles. The number of nitrogens with one attached hydrogen (secondary N) is 1. The summed E-state index contributed by atoms with van der Waals surface area (Å²) in [6.07, 6.45) is 4.35. The van der Waals surface area contributed by atoms with Gasteiger partial charge in [0.1, 0.15) is 10.4 Å². The van der Waals surface area contributed by atoms with Crippen LogP contribution in [0.15, 0.2) is 28.1 Å².